The van der Waals surface area contributed by atoms with Crippen LogP contribution in [-0.2, 0) is 9.53 Å². The van der Waals surface area contributed by atoms with Crippen molar-refractivity contribution in [2.45, 2.75) is 43.0 Å². The molecule has 1 aliphatic carbocycles. The Balaban J connectivity index is 1.67. The highest BCUT2D eigenvalue weighted by Gasteiger charge is 2.38. The van der Waals surface area contributed by atoms with Gasteiger partial charge in [-0.05, 0) is 12.8 Å². The molecular weight excluding hydrogens is 248 g/mol. The van der Waals surface area contributed by atoms with E-state index in [2.05, 4.69) is 22.0 Å². The summed E-state index contributed by atoms with van der Waals surface area (Å²) in [4.78, 5) is 14.7. The molecule has 0 spiro atoms. The number of hydrogen-bond donors (Lipinski definition) is 1. The second-order valence-electron chi connectivity index (χ2n) is 5.37. The molecule has 5 heteroatoms. The molecule has 2 heterocycles. The number of amides is 1. The van der Waals surface area contributed by atoms with Gasteiger partial charge in [-0.25, -0.2) is 0 Å². The number of carbonyl (C=O) groups is 1. The summed E-state index contributed by atoms with van der Waals surface area (Å²) in [6.45, 7) is 2.99. The van der Waals surface area contributed by atoms with Crippen LogP contribution in [0.25, 0.3) is 0 Å². The Morgan fingerprint density at radius 2 is 2.22 bits per heavy atom. The molecule has 1 N–H and O–H groups in total. The van der Waals surface area contributed by atoms with Gasteiger partial charge < -0.3 is 15.0 Å². The van der Waals surface area contributed by atoms with E-state index in [4.69, 9.17) is 4.74 Å². The van der Waals surface area contributed by atoms with Gasteiger partial charge in [-0.3, -0.25) is 4.79 Å². The quantitative estimate of drug-likeness (QED) is 0.767. The van der Waals surface area contributed by atoms with Crippen LogP contribution in [0.4, 0.5) is 0 Å². The zero-order valence-electron chi connectivity index (χ0n) is 10.8. The Kier molecular flexibility index (Phi) is 4.11. The zero-order valence-corrected chi connectivity index (χ0v) is 11.6. The van der Waals surface area contributed by atoms with Gasteiger partial charge in [0.15, 0.2) is 0 Å². The van der Waals surface area contributed by atoms with Crippen molar-refractivity contribution in [3.8, 4) is 0 Å². The van der Waals surface area contributed by atoms with Crippen LogP contribution >= 0.6 is 11.8 Å². The topological polar surface area (TPSA) is 41.6 Å². The molecule has 3 fully saturated rings. The summed E-state index contributed by atoms with van der Waals surface area (Å²) < 4.78 is 5.41. The first-order valence-electron chi connectivity index (χ1n) is 7.09. The minimum atomic E-state index is -0.107. The summed E-state index contributed by atoms with van der Waals surface area (Å²) in [5, 5.41) is 3.97. The molecule has 3 rings (SSSR count). The number of ether oxygens (including phenoxy) is 1. The van der Waals surface area contributed by atoms with E-state index < -0.39 is 0 Å². The van der Waals surface area contributed by atoms with Gasteiger partial charge >= 0.3 is 0 Å². The van der Waals surface area contributed by atoms with Gasteiger partial charge in [-0.1, -0.05) is 12.8 Å². The van der Waals surface area contributed by atoms with Crippen molar-refractivity contribution >= 4 is 17.7 Å². The van der Waals surface area contributed by atoms with E-state index >= 15 is 0 Å². The van der Waals surface area contributed by atoms with Gasteiger partial charge in [-0.15, -0.1) is 0 Å². The largest absolute Gasteiger partial charge is 0.378 e. The maximum absolute atomic E-state index is 12.6. The molecule has 0 aromatic heterocycles. The molecule has 0 bridgehead atoms. The molecule has 4 nitrogen and oxygen atoms in total. The van der Waals surface area contributed by atoms with E-state index in [0.29, 0.717) is 17.9 Å². The molecule has 3 unspecified atom stereocenters. The van der Waals surface area contributed by atoms with Crippen molar-refractivity contribution in [1.82, 2.24) is 10.2 Å². The Labute approximate surface area is 113 Å². The van der Waals surface area contributed by atoms with Crippen LogP contribution < -0.4 is 5.32 Å². The molecule has 3 atom stereocenters. The predicted octanol–water partition coefficient (Wildman–Crippen LogP) is 0.861. The summed E-state index contributed by atoms with van der Waals surface area (Å²) in [6.07, 6.45) is 5.09. The van der Waals surface area contributed by atoms with E-state index in [0.717, 1.165) is 25.4 Å². The van der Waals surface area contributed by atoms with Gasteiger partial charge in [0.25, 0.3) is 0 Å². The lowest BCUT2D eigenvalue weighted by Crippen LogP contribution is -2.59. The molecule has 1 amide bonds. The molecule has 1 saturated carbocycles. The molecule has 0 radical (unpaired) electrons. The summed E-state index contributed by atoms with van der Waals surface area (Å²) in [5.41, 5.74) is 0. The molecule has 0 aromatic rings. The average Bonchev–Trinajstić information content (AvgIpc) is 2.47. The summed E-state index contributed by atoms with van der Waals surface area (Å²) >= 11 is 2.07. The monoisotopic (exact) mass is 270 g/mol. The summed E-state index contributed by atoms with van der Waals surface area (Å²) in [6, 6.07) is 0.373. The summed E-state index contributed by atoms with van der Waals surface area (Å²) in [7, 11) is 0. The second kappa shape index (κ2) is 5.80. The number of nitrogens with one attached hydrogen (secondary N) is 1. The first kappa shape index (κ1) is 12.8. The fourth-order valence-electron chi connectivity index (χ4n) is 3.29. The van der Waals surface area contributed by atoms with Gasteiger partial charge in [0.05, 0.1) is 13.2 Å². The van der Waals surface area contributed by atoms with Crippen molar-refractivity contribution < 1.29 is 9.53 Å². The molecule has 18 heavy (non-hydrogen) atoms. The fourth-order valence-corrected chi connectivity index (χ4v) is 4.74. The minimum Gasteiger partial charge on any atom is -0.378 e. The van der Waals surface area contributed by atoms with Crippen LogP contribution in [0.5, 0.6) is 0 Å². The third-order valence-corrected chi connectivity index (χ3v) is 5.63. The Morgan fingerprint density at radius 1 is 1.33 bits per heavy atom. The minimum absolute atomic E-state index is 0.107. The standard InChI is InChI=1S/C13H22N2O2S/c16-13(10-9-17-7-5-14-10)15-6-8-18-12-4-2-1-3-11(12)15/h10-12,14H,1-9H2. The van der Waals surface area contributed by atoms with Crippen molar-refractivity contribution in [2.24, 2.45) is 0 Å². The van der Waals surface area contributed by atoms with Crippen molar-refractivity contribution in [3.05, 3.63) is 0 Å². The van der Waals surface area contributed by atoms with E-state index in [1.807, 2.05) is 0 Å². The lowest BCUT2D eigenvalue weighted by atomic mass is 9.92. The predicted molar refractivity (Wildman–Crippen MR) is 72.8 cm³/mol. The third-order valence-electron chi connectivity index (χ3n) is 4.23. The number of fused-ring (bicyclic) bond motifs is 1. The lowest BCUT2D eigenvalue weighted by Gasteiger charge is -2.45. The summed E-state index contributed by atoms with van der Waals surface area (Å²) in [5.74, 6) is 1.37. The van der Waals surface area contributed by atoms with Gasteiger partial charge in [0, 0.05) is 30.1 Å². The highest BCUT2D eigenvalue weighted by molar-refractivity contribution is 8.00. The Bertz CT molecular complexity index is 305. The lowest BCUT2D eigenvalue weighted by molar-refractivity contribution is -0.139. The SMILES string of the molecule is O=C(C1COCCN1)N1CCSC2CCCCC21. The molecule has 2 saturated heterocycles. The van der Waals surface area contributed by atoms with Crippen LogP contribution in [-0.4, -0.2) is 60.2 Å². The van der Waals surface area contributed by atoms with Gasteiger partial charge in [0.1, 0.15) is 6.04 Å². The van der Waals surface area contributed by atoms with Crippen molar-refractivity contribution in [2.75, 3.05) is 32.1 Å². The van der Waals surface area contributed by atoms with Crippen LogP contribution in [0.1, 0.15) is 25.7 Å². The van der Waals surface area contributed by atoms with Gasteiger partial charge in [0.2, 0.25) is 5.91 Å². The maximum Gasteiger partial charge on any atom is 0.242 e. The average molecular weight is 270 g/mol. The van der Waals surface area contributed by atoms with Crippen molar-refractivity contribution in [3.63, 3.8) is 0 Å². The van der Waals surface area contributed by atoms with E-state index in [1.165, 1.54) is 25.7 Å². The molecule has 2 aliphatic heterocycles. The van der Waals surface area contributed by atoms with Crippen LogP contribution in [0.15, 0.2) is 0 Å². The number of thioether (sulfide) groups is 1. The smallest absolute Gasteiger partial charge is 0.242 e. The highest BCUT2D eigenvalue weighted by atomic mass is 32.2. The first-order valence-corrected chi connectivity index (χ1v) is 8.14. The van der Waals surface area contributed by atoms with Crippen LogP contribution in [0, 0.1) is 0 Å². The number of morpholine rings is 1. The fraction of sp³-hybridized carbons (Fsp3) is 0.923. The van der Waals surface area contributed by atoms with E-state index in [-0.39, 0.29) is 11.9 Å². The molecule has 3 aliphatic rings. The molecular formula is C13H22N2O2S. The number of nitrogens with zero attached hydrogens (tertiary/aromatic N) is 1. The third kappa shape index (κ3) is 2.53. The normalized spacial score (nSPS) is 37.1. The zero-order chi connectivity index (χ0) is 12.4. The molecule has 102 valence electrons. The first-order chi connectivity index (χ1) is 8.86. The van der Waals surface area contributed by atoms with Crippen LogP contribution in [0.3, 0.4) is 0 Å². The van der Waals surface area contributed by atoms with Crippen molar-refractivity contribution in [1.29, 1.82) is 0 Å². The Morgan fingerprint density at radius 3 is 3.06 bits per heavy atom. The van der Waals surface area contributed by atoms with Gasteiger partial charge in [-0.2, -0.15) is 11.8 Å². The molecule has 0 aromatic carbocycles. The number of hydrogen-bond acceptors (Lipinski definition) is 4. The maximum atomic E-state index is 12.6. The van der Waals surface area contributed by atoms with E-state index in [1.54, 1.807) is 0 Å². The van der Waals surface area contributed by atoms with E-state index in [9.17, 15) is 4.79 Å². The Hall–Kier alpha value is -0.260. The highest BCUT2D eigenvalue weighted by Crippen LogP contribution is 2.35. The van der Waals surface area contributed by atoms with Crippen LogP contribution in [0.2, 0.25) is 0 Å². The number of rotatable bonds is 1. The second-order valence-corrected chi connectivity index (χ2v) is 6.72. The number of carbonyl (C=O) groups excluding carboxylic acids is 1.